The van der Waals surface area contributed by atoms with Crippen LogP contribution in [0, 0.1) is 0 Å². The Labute approximate surface area is 137 Å². The quantitative estimate of drug-likeness (QED) is 0.838. The minimum absolute atomic E-state index is 0.219. The maximum atomic E-state index is 11.6. The van der Waals surface area contributed by atoms with Crippen molar-refractivity contribution in [2.24, 2.45) is 0 Å². The molecule has 0 spiro atoms. The van der Waals surface area contributed by atoms with Crippen LogP contribution in [0.2, 0.25) is 0 Å². The molecule has 1 N–H and O–H groups in total. The van der Waals surface area contributed by atoms with E-state index in [-0.39, 0.29) is 11.8 Å². The predicted octanol–water partition coefficient (Wildman–Crippen LogP) is 4.28. The number of rotatable bonds is 5. The van der Waals surface area contributed by atoms with Crippen LogP contribution in [0.5, 0.6) is 5.75 Å². The molecule has 1 aliphatic carbocycles. The van der Waals surface area contributed by atoms with Crippen LogP contribution in [0.1, 0.15) is 43.2 Å². The third-order valence-corrected chi connectivity index (χ3v) is 4.59. The van der Waals surface area contributed by atoms with Crippen molar-refractivity contribution in [1.29, 1.82) is 0 Å². The third-order valence-electron chi connectivity index (χ3n) is 4.59. The second-order valence-electron chi connectivity index (χ2n) is 6.32. The van der Waals surface area contributed by atoms with Crippen LogP contribution in [0.15, 0.2) is 48.5 Å². The average Bonchev–Trinajstić information content (AvgIpc) is 2.57. The maximum Gasteiger partial charge on any atom is 0.214 e. The summed E-state index contributed by atoms with van der Waals surface area (Å²) >= 11 is 0. The summed E-state index contributed by atoms with van der Waals surface area (Å²) in [5, 5.41) is 10.1. The lowest BCUT2D eigenvalue weighted by Crippen LogP contribution is -2.35. The van der Waals surface area contributed by atoms with Gasteiger partial charge < -0.3 is 10.0 Å². The molecule has 0 radical (unpaired) electrons. The summed E-state index contributed by atoms with van der Waals surface area (Å²) < 4.78 is 0. The summed E-state index contributed by atoms with van der Waals surface area (Å²) in [6.07, 6.45) is 7.35. The molecule has 2 aromatic rings. The van der Waals surface area contributed by atoms with Gasteiger partial charge in [-0.15, -0.1) is 0 Å². The summed E-state index contributed by atoms with van der Waals surface area (Å²) in [6, 6.07) is 15.9. The first-order chi connectivity index (χ1) is 11.3. The zero-order valence-corrected chi connectivity index (χ0v) is 13.3. The van der Waals surface area contributed by atoms with Gasteiger partial charge in [-0.3, -0.25) is 4.79 Å². The predicted molar refractivity (Wildman–Crippen MR) is 92.8 cm³/mol. The van der Waals surface area contributed by atoms with Crippen LogP contribution < -0.4 is 4.90 Å². The molecule has 23 heavy (non-hydrogen) atoms. The number of nitrogens with zero attached hydrogens (tertiary/aromatic N) is 1. The van der Waals surface area contributed by atoms with Crippen molar-refractivity contribution in [2.75, 3.05) is 4.90 Å². The molecular formula is C20H23NO2. The van der Waals surface area contributed by atoms with Crippen LogP contribution >= 0.6 is 0 Å². The lowest BCUT2D eigenvalue weighted by Gasteiger charge is -2.31. The molecule has 3 rings (SSSR count). The summed E-state index contributed by atoms with van der Waals surface area (Å²) in [7, 11) is 0. The Balaban J connectivity index is 1.85. The first kappa shape index (κ1) is 15.6. The molecule has 0 atom stereocenters. The lowest BCUT2D eigenvalue weighted by atomic mass is 9.94. The minimum Gasteiger partial charge on any atom is -0.508 e. The standard InChI is InChI=1S/C20H23NO2/c22-15-21(18-9-5-2-6-10-18)19-12-17(13-20(23)14-19)11-16-7-3-1-4-8-16/h1,3-4,7-8,12-15,18,23H,2,5-6,9-11H2. The van der Waals surface area contributed by atoms with Gasteiger partial charge in [0.2, 0.25) is 6.41 Å². The van der Waals surface area contributed by atoms with Gasteiger partial charge in [-0.1, -0.05) is 49.6 Å². The maximum absolute atomic E-state index is 11.6. The monoisotopic (exact) mass is 309 g/mol. The Morgan fingerprint density at radius 3 is 2.43 bits per heavy atom. The van der Waals surface area contributed by atoms with Crippen LogP contribution in [0.3, 0.4) is 0 Å². The molecule has 0 saturated heterocycles. The highest BCUT2D eigenvalue weighted by Crippen LogP contribution is 2.30. The van der Waals surface area contributed by atoms with E-state index >= 15 is 0 Å². The van der Waals surface area contributed by atoms with Crippen LogP contribution in [-0.4, -0.2) is 17.6 Å². The van der Waals surface area contributed by atoms with Gasteiger partial charge >= 0.3 is 0 Å². The SMILES string of the molecule is O=CN(c1cc(O)cc(Cc2ccccc2)c1)C1CCCCC1. The third kappa shape index (κ3) is 3.92. The van der Waals surface area contributed by atoms with Gasteiger partial charge in [0.05, 0.1) is 0 Å². The van der Waals surface area contributed by atoms with E-state index in [0.717, 1.165) is 36.9 Å². The molecule has 0 heterocycles. The van der Waals surface area contributed by atoms with Crippen molar-refractivity contribution in [2.45, 2.75) is 44.6 Å². The van der Waals surface area contributed by atoms with E-state index in [9.17, 15) is 9.90 Å². The number of carbonyl (C=O) groups excluding carboxylic acids is 1. The zero-order chi connectivity index (χ0) is 16.1. The second kappa shape index (κ2) is 7.32. The Hall–Kier alpha value is -2.29. The molecule has 0 bridgehead atoms. The minimum atomic E-state index is 0.219. The molecule has 0 aromatic heterocycles. The van der Waals surface area contributed by atoms with Crippen LogP contribution in [0.25, 0.3) is 0 Å². The fraction of sp³-hybridized carbons (Fsp3) is 0.350. The Bertz CT molecular complexity index is 648. The molecule has 2 aromatic carbocycles. The molecule has 3 nitrogen and oxygen atoms in total. The normalized spacial score (nSPS) is 15.3. The number of hydrogen-bond donors (Lipinski definition) is 1. The van der Waals surface area contributed by atoms with E-state index in [1.54, 1.807) is 17.0 Å². The fourth-order valence-electron chi connectivity index (χ4n) is 3.46. The summed E-state index contributed by atoms with van der Waals surface area (Å²) in [4.78, 5) is 13.4. The number of amides is 1. The fourth-order valence-corrected chi connectivity index (χ4v) is 3.46. The topological polar surface area (TPSA) is 40.5 Å². The zero-order valence-electron chi connectivity index (χ0n) is 13.3. The highest BCUT2D eigenvalue weighted by Gasteiger charge is 2.21. The molecule has 1 aliphatic rings. The van der Waals surface area contributed by atoms with E-state index in [1.165, 1.54) is 24.8 Å². The highest BCUT2D eigenvalue weighted by molar-refractivity contribution is 5.77. The summed E-state index contributed by atoms with van der Waals surface area (Å²) in [6.45, 7) is 0. The van der Waals surface area contributed by atoms with E-state index < -0.39 is 0 Å². The first-order valence-electron chi connectivity index (χ1n) is 8.37. The summed E-state index contributed by atoms with van der Waals surface area (Å²) in [5.74, 6) is 0.219. The number of phenolic OH excluding ortho intramolecular Hbond substituents is 1. The van der Waals surface area contributed by atoms with Crippen molar-refractivity contribution < 1.29 is 9.90 Å². The highest BCUT2D eigenvalue weighted by atomic mass is 16.3. The number of phenols is 1. The van der Waals surface area contributed by atoms with Gasteiger partial charge in [0, 0.05) is 17.8 Å². The summed E-state index contributed by atoms with van der Waals surface area (Å²) in [5.41, 5.74) is 3.02. The molecule has 1 saturated carbocycles. The second-order valence-corrected chi connectivity index (χ2v) is 6.32. The number of aromatic hydroxyl groups is 1. The largest absolute Gasteiger partial charge is 0.508 e. The van der Waals surface area contributed by atoms with Crippen molar-refractivity contribution in [3.8, 4) is 5.75 Å². The smallest absolute Gasteiger partial charge is 0.214 e. The van der Waals surface area contributed by atoms with E-state index in [0.29, 0.717) is 0 Å². The van der Waals surface area contributed by atoms with Gasteiger partial charge in [0.1, 0.15) is 5.75 Å². The van der Waals surface area contributed by atoms with Gasteiger partial charge in [-0.2, -0.15) is 0 Å². The van der Waals surface area contributed by atoms with Crippen LogP contribution in [0.4, 0.5) is 5.69 Å². The van der Waals surface area contributed by atoms with Crippen molar-refractivity contribution in [3.63, 3.8) is 0 Å². The molecule has 120 valence electrons. The van der Waals surface area contributed by atoms with E-state index in [4.69, 9.17) is 0 Å². The van der Waals surface area contributed by atoms with E-state index in [1.807, 2.05) is 24.3 Å². The first-order valence-corrected chi connectivity index (χ1v) is 8.37. The van der Waals surface area contributed by atoms with Gasteiger partial charge in [-0.25, -0.2) is 0 Å². The van der Waals surface area contributed by atoms with Crippen LogP contribution in [-0.2, 0) is 11.2 Å². The van der Waals surface area contributed by atoms with Crippen molar-refractivity contribution in [3.05, 3.63) is 59.7 Å². The molecule has 3 heteroatoms. The molecule has 1 amide bonds. The van der Waals surface area contributed by atoms with Gasteiger partial charge in [0.25, 0.3) is 0 Å². The van der Waals surface area contributed by atoms with Gasteiger partial charge in [-0.05, 0) is 42.5 Å². The Morgan fingerprint density at radius 2 is 1.74 bits per heavy atom. The average molecular weight is 309 g/mol. The number of hydrogen-bond acceptors (Lipinski definition) is 2. The van der Waals surface area contributed by atoms with Crippen molar-refractivity contribution in [1.82, 2.24) is 0 Å². The lowest BCUT2D eigenvalue weighted by molar-refractivity contribution is -0.108. The van der Waals surface area contributed by atoms with Gasteiger partial charge in [0.15, 0.2) is 0 Å². The molecule has 1 fully saturated rings. The Morgan fingerprint density at radius 1 is 1.00 bits per heavy atom. The number of benzene rings is 2. The number of anilines is 1. The molecule has 0 unspecified atom stereocenters. The number of carbonyl (C=O) groups is 1. The molecule has 0 aliphatic heterocycles. The van der Waals surface area contributed by atoms with E-state index in [2.05, 4.69) is 12.1 Å². The van der Waals surface area contributed by atoms with Crippen molar-refractivity contribution >= 4 is 12.1 Å². The molecular weight excluding hydrogens is 286 g/mol. The Kier molecular flexibility index (Phi) is 4.96.